The minimum Gasteiger partial charge on any atom is -0.383 e. The molecule has 4 nitrogen and oxygen atoms in total. The molecule has 1 aliphatic carbocycles. The summed E-state index contributed by atoms with van der Waals surface area (Å²) in [7, 11) is 0. The molecule has 1 aliphatic rings. The van der Waals surface area contributed by atoms with Gasteiger partial charge in [0.05, 0.1) is 11.6 Å². The predicted octanol–water partition coefficient (Wildman–Crippen LogP) is 3.30. The summed E-state index contributed by atoms with van der Waals surface area (Å²) in [6, 6.07) is 4.15. The Bertz CT molecular complexity index is 447. The van der Waals surface area contributed by atoms with Crippen molar-refractivity contribution in [1.82, 2.24) is 10.3 Å². The molecule has 3 unspecified atom stereocenters. The maximum absolute atomic E-state index is 6.32. The van der Waals surface area contributed by atoms with Crippen LogP contribution in [0, 0.1) is 5.92 Å². The second-order valence-electron chi connectivity index (χ2n) is 6.17. The van der Waals surface area contributed by atoms with Gasteiger partial charge in [0, 0.05) is 18.4 Å². The minimum atomic E-state index is -0.167. The molecular weight excluding hydrogens is 262 g/mol. The largest absolute Gasteiger partial charge is 0.383 e. The number of pyridine rings is 1. The van der Waals surface area contributed by atoms with Gasteiger partial charge in [0.15, 0.2) is 0 Å². The monoisotopic (exact) mass is 291 g/mol. The van der Waals surface area contributed by atoms with Gasteiger partial charge in [-0.05, 0) is 38.3 Å². The van der Waals surface area contributed by atoms with E-state index in [4.69, 9.17) is 10.5 Å². The van der Waals surface area contributed by atoms with Crippen molar-refractivity contribution in [1.29, 1.82) is 0 Å². The summed E-state index contributed by atoms with van der Waals surface area (Å²) >= 11 is 0. The Morgan fingerprint density at radius 1 is 1.52 bits per heavy atom. The van der Waals surface area contributed by atoms with E-state index in [2.05, 4.69) is 37.1 Å². The Kier molecular flexibility index (Phi) is 5.59. The van der Waals surface area contributed by atoms with Crippen molar-refractivity contribution in [2.24, 2.45) is 5.92 Å². The van der Waals surface area contributed by atoms with E-state index in [0.29, 0.717) is 11.7 Å². The van der Waals surface area contributed by atoms with Crippen LogP contribution in [0.25, 0.3) is 0 Å². The molecule has 0 bridgehead atoms. The van der Waals surface area contributed by atoms with Crippen molar-refractivity contribution in [3.63, 3.8) is 0 Å². The number of anilines is 1. The van der Waals surface area contributed by atoms with Gasteiger partial charge in [-0.1, -0.05) is 32.8 Å². The van der Waals surface area contributed by atoms with Gasteiger partial charge in [0.2, 0.25) is 0 Å². The molecule has 118 valence electrons. The Morgan fingerprint density at radius 3 is 2.95 bits per heavy atom. The normalized spacial score (nSPS) is 27.5. The van der Waals surface area contributed by atoms with Crippen LogP contribution >= 0.6 is 0 Å². The van der Waals surface area contributed by atoms with Crippen molar-refractivity contribution in [2.75, 3.05) is 18.9 Å². The lowest BCUT2D eigenvalue weighted by Gasteiger charge is -2.46. The van der Waals surface area contributed by atoms with Crippen LogP contribution in [0.5, 0.6) is 0 Å². The number of aromatic nitrogens is 1. The SMILES string of the molecule is CCNC(c1cccnc1N)C1(OCC)CCCC(C)C1. The summed E-state index contributed by atoms with van der Waals surface area (Å²) in [5, 5.41) is 3.61. The lowest BCUT2D eigenvalue weighted by molar-refractivity contribution is -0.101. The number of nitrogens with one attached hydrogen (secondary N) is 1. The zero-order chi connectivity index (χ0) is 15.3. The quantitative estimate of drug-likeness (QED) is 0.844. The van der Waals surface area contributed by atoms with Crippen molar-refractivity contribution in [2.45, 2.75) is 58.1 Å². The van der Waals surface area contributed by atoms with Gasteiger partial charge in [-0.2, -0.15) is 0 Å². The summed E-state index contributed by atoms with van der Waals surface area (Å²) in [5.41, 5.74) is 7.05. The molecule has 0 aliphatic heterocycles. The van der Waals surface area contributed by atoms with Crippen molar-refractivity contribution in [3.8, 4) is 0 Å². The van der Waals surface area contributed by atoms with Gasteiger partial charge < -0.3 is 15.8 Å². The predicted molar refractivity (Wildman–Crippen MR) is 87.1 cm³/mol. The third kappa shape index (κ3) is 3.55. The van der Waals surface area contributed by atoms with E-state index in [1.807, 2.05) is 6.07 Å². The zero-order valence-electron chi connectivity index (χ0n) is 13.6. The Balaban J connectivity index is 2.39. The third-order valence-electron chi connectivity index (χ3n) is 4.54. The molecule has 2 rings (SSSR count). The molecule has 21 heavy (non-hydrogen) atoms. The first kappa shape index (κ1) is 16.2. The molecule has 1 saturated carbocycles. The zero-order valence-corrected chi connectivity index (χ0v) is 13.6. The summed E-state index contributed by atoms with van der Waals surface area (Å²) in [5.74, 6) is 1.30. The first-order valence-corrected chi connectivity index (χ1v) is 8.20. The van der Waals surface area contributed by atoms with E-state index in [1.54, 1.807) is 6.20 Å². The Hall–Kier alpha value is -1.13. The molecule has 0 amide bonds. The standard InChI is InChI=1S/C17H29N3O/c1-4-19-15(14-9-7-11-20-16(14)18)17(21-5-2)10-6-8-13(3)12-17/h7,9,11,13,15,19H,4-6,8,10,12H2,1-3H3,(H2,18,20). The number of rotatable bonds is 6. The van der Waals surface area contributed by atoms with Crippen molar-refractivity contribution < 1.29 is 4.74 Å². The van der Waals surface area contributed by atoms with E-state index >= 15 is 0 Å². The molecule has 0 saturated heterocycles. The van der Waals surface area contributed by atoms with Crippen LogP contribution in [0.2, 0.25) is 0 Å². The van der Waals surface area contributed by atoms with Crippen molar-refractivity contribution in [3.05, 3.63) is 23.9 Å². The summed E-state index contributed by atoms with van der Waals surface area (Å²) < 4.78 is 6.32. The highest BCUT2D eigenvalue weighted by Crippen LogP contribution is 2.44. The average molecular weight is 291 g/mol. The third-order valence-corrected chi connectivity index (χ3v) is 4.54. The molecule has 4 heteroatoms. The molecule has 3 N–H and O–H groups in total. The maximum Gasteiger partial charge on any atom is 0.128 e. The number of hydrogen-bond acceptors (Lipinski definition) is 4. The van der Waals surface area contributed by atoms with E-state index in [1.165, 1.54) is 12.8 Å². The van der Waals surface area contributed by atoms with Crippen LogP contribution in [-0.2, 0) is 4.74 Å². The Morgan fingerprint density at radius 2 is 2.33 bits per heavy atom. The number of hydrogen-bond donors (Lipinski definition) is 2. The van der Waals surface area contributed by atoms with Crippen LogP contribution in [0.1, 0.15) is 58.1 Å². The van der Waals surface area contributed by atoms with E-state index in [-0.39, 0.29) is 11.6 Å². The molecular formula is C17H29N3O. The summed E-state index contributed by atoms with van der Waals surface area (Å²) in [4.78, 5) is 4.27. The van der Waals surface area contributed by atoms with Crippen molar-refractivity contribution >= 4 is 5.82 Å². The summed E-state index contributed by atoms with van der Waals surface area (Å²) in [6.07, 6.45) is 6.40. The van der Waals surface area contributed by atoms with Gasteiger partial charge in [-0.3, -0.25) is 0 Å². The first-order valence-electron chi connectivity index (χ1n) is 8.20. The highest BCUT2D eigenvalue weighted by atomic mass is 16.5. The van der Waals surface area contributed by atoms with Crippen LogP contribution < -0.4 is 11.1 Å². The summed E-state index contributed by atoms with van der Waals surface area (Å²) in [6.45, 7) is 8.15. The van der Waals surface area contributed by atoms with Gasteiger partial charge in [-0.15, -0.1) is 0 Å². The molecule has 1 aromatic rings. The van der Waals surface area contributed by atoms with E-state index < -0.39 is 0 Å². The van der Waals surface area contributed by atoms with Gasteiger partial charge >= 0.3 is 0 Å². The maximum atomic E-state index is 6.32. The molecule has 0 radical (unpaired) electrons. The fourth-order valence-electron chi connectivity index (χ4n) is 3.77. The van der Waals surface area contributed by atoms with Crippen LogP contribution in [0.4, 0.5) is 5.82 Å². The number of nitrogens with zero attached hydrogens (tertiary/aromatic N) is 1. The van der Waals surface area contributed by atoms with E-state index in [9.17, 15) is 0 Å². The van der Waals surface area contributed by atoms with Gasteiger partial charge in [-0.25, -0.2) is 4.98 Å². The van der Waals surface area contributed by atoms with Crippen LogP contribution in [-0.4, -0.2) is 23.7 Å². The first-order chi connectivity index (χ1) is 10.1. The minimum absolute atomic E-state index is 0.110. The number of likely N-dealkylation sites (N-methyl/N-ethyl adjacent to an activating group) is 1. The molecule has 1 fully saturated rings. The molecule has 1 heterocycles. The highest BCUT2D eigenvalue weighted by Gasteiger charge is 2.43. The van der Waals surface area contributed by atoms with Crippen LogP contribution in [0.15, 0.2) is 18.3 Å². The van der Waals surface area contributed by atoms with Crippen LogP contribution in [0.3, 0.4) is 0 Å². The lowest BCUT2D eigenvalue weighted by atomic mass is 9.72. The van der Waals surface area contributed by atoms with Gasteiger partial charge in [0.1, 0.15) is 5.82 Å². The number of nitrogens with two attached hydrogens (primary N) is 1. The molecule has 3 atom stereocenters. The topological polar surface area (TPSA) is 60.2 Å². The number of ether oxygens (including phenoxy) is 1. The second kappa shape index (κ2) is 7.23. The fraction of sp³-hybridized carbons (Fsp3) is 0.706. The average Bonchev–Trinajstić information content (AvgIpc) is 2.46. The fourth-order valence-corrected chi connectivity index (χ4v) is 3.77. The Labute approximate surface area is 128 Å². The molecule has 0 aromatic carbocycles. The second-order valence-corrected chi connectivity index (χ2v) is 6.17. The smallest absolute Gasteiger partial charge is 0.128 e. The van der Waals surface area contributed by atoms with E-state index in [0.717, 1.165) is 31.6 Å². The van der Waals surface area contributed by atoms with Gasteiger partial charge in [0.25, 0.3) is 0 Å². The number of nitrogen functional groups attached to an aromatic ring is 1. The highest BCUT2D eigenvalue weighted by molar-refractivity contribution is 5.42. The molecule has 0 spiro atoms. The lowest BCUT2D eigenvalue weighted by Crippen LogP contribution is -2.49. The molecule has 1 aromatic heterocycles.